The Hall–Kier alpha value is -0.850. The maximum absolute atomic E-state index is 9.49. The molecule has 1 heterocycles. The van der Waals surface area contributed by atoms with Crippen molar-refractivity contribution in [1.82, 2.24) is 20.4 Å². The molecule has 2 fully saturated rings. The summed E-state index contributed by atoms with van der Waals surface area (Å²) in [6, 6.07) is 0.517. The Bertz CT molecular complexity index is 403. The Balaban J connectivity index is 1.92. The third kappa shape index (κ3) is 6.42. The zero-order valence-corrected chi connectivity index (χ0v) is 16.6. The highest BCUT2D eigenvalue weighted by molar-refractivity contribution is 5.79. The van der Waals surface area contributed by atoms with Crippen molar-refractivity contribution in [3.05, 3.63) is 0 Å². The summed E-state index contributed by atoms with van der Waals surface area (Å²) in [4.78, 5) is 9.74. The van der Waals surface area contributed by atoms with E-state index in [9.17, 15) is 5.11 Å². The van der Waals surface area contributed by atoms with Crippen molar-refractivity contribution in [3.63, 3.8) is 0 Å². The molecule has 6 heteroatoms. The van der Waals surface area contributed by atoms with Crippen LogP contribution >= 0.6 is 0 Å². The van der Waals surface area contributed by atoms with Gasteiger partial charge in [0.25, 0.3) is 0 Å². The number of guanidine groups is 1. The van der Waals surface area contributed by atoms with Crippen molar-refractivity contribution in [2.75, 3.05) is 60.0 Å². The zero-order chi connectivity index (χ0) is 18.1. The van der Waals surface area contributed by atoms with Crippen LogP contribution in [0, 0.1) is 5.41 Å². The van der Waals surface area contributed by atoms with Crippen LogP contribution in [0.1, 0.15) is 45.4 Å². The summed E-state index contributed by atoms with van der Waals surface area (Å²) >= 11 is 0. The fraction of sp³-hybridized carbons (Fsp3) is 0.947. The molecule has 1 atom stereocenters. The van der Waals surface area contributed by atoms with Crippen molar-refractivity contribution in [2.45, 2.75) is 51.5 Å². The number of piperazine rings is 1. The Kier molecular flexibility index (Phi) is 8.46. The Morgan fingerprint density at radius 3 is 2.60 bits per heavy atom. The van der Waals surface area contributed by atoms with Crippen molar-refractivity contribution >= 4 is 5.96 Å². The molecule has 6 nitrogen and oxygen atoms in total. The number of rotatable bonds is 7. The van der Waals surface area contributed by atoms with Gasteiger partial charge in [-0.15, -0.1) is 0 Å². The molecule has 1 saturated carbocycles. The summed E-state index contributed by atoms with van der Waals surface area (Å²) in [7, 11) is 4.41. The highest BCUT2D eigenvalue weighted by Crippen LogP contribution is 2.39. The van der Waals surface area contributed by atoms with Gasteiger partial charge in [-0.25, -0.2) is 0 Å². The lowest BCUT2D eigenvalue weighted by atomic mass is 9.72. The number of likely N-dealkylation sites (N-methyl/N-ethyl adjacent to an activating group) is 2. The second-order valence-electron chi connectivity index (χ2n) is 8.01. The molecule has 0 spiro atoms. The highest BCUT2D eigenvalue weighted by Gasteiger charge is 2.31. The number of nitrogens with zero attached hydrogens (tertiary/aromatic N) is 3. The molecule has 2 aliphatic rings. The lowest BCUT2D eigenvalue weighted by molar-refractivity contribution is 0.116. The number of aliphatic imine (C=N–C) groups is 1. The number of aliphatic hydroxyl groups is 1. The number of nitrogens with one attached hydrogen (secondary N) is 2. The smallest absolute Gasteiger partial charge is 0.191 e. The van der Waals surface area contributed by atoms with E-state index in [1.807, 2.05) is 0 Å². The van der Waals surface area contributed by atoms with E-state index >= 15 is 0 Å². The van der Waals surface area contributed by atoms with Crippen LogP contribution in [-0.2, 0) is 0 Å². The molecular formula is C19H39N5O. The molecule has 25 heavy (non-hydrogen) atoms. The molecule has 0 radical (unpaired) electrons. The van der Waals surface area contributed by atoms with E-state index in [1.165, 1.54) is 32.1 Å². The van der Waals surface area contributed by atoms with E-state index in [4.69, 9.17) is 4.99 Å². The van der Waals surface area contributed by atoms with Crippen molar-refractivity contribution in [1.29, 1.82) is 0 Å². The summed E-state index contributed by atoms with van der Waals surface area (Å²) in [6.07, 6.45) is 7.17. The van der Waals surface area contributed by atoms with Gasteiger partial charge >= 0.3 is 0 Å². The predicted octanol–water partition coefficient (Wildman–Crippen LogP) is 1.12. The van der Waals surface area contributed by atoms with Gasteiger partial charge in [-0.1, -0.05) is 19.3 Å². The molecular weight excluding hydrogens is 314 g/mol. The van der Waals surface area contributed by atoms with Gasteiger partial charge in [0.05, 0.1) is 0 Å². The third-order valence-corrected chi connectivity index (χ3v) is 5.96. The number of hydrogen-bond donors (Lipinski definition) is 3. The maximum Gasteiger partial charge on any atom is 0.191 e. The minimum Gasteiger partial charge on any atom is -0.396 e. The molecule has 1 unspecified atom stereocenters. The summed E-state index contributed by atoms with van der Waals surface area (Å²) in [5.41, 5.74) is 0.206. The molecule has 0 aromatic rings. The average molecular weight is 354 g/mol. The van der Waals surface area contributed by atoms with Crippen LogP contribution in [0.25, 0.3) is 0 Å². The van der Waals surface area contributed by atoms with Gasteiger partial charge in [-0.3, -0.25) is 9.89 Å². The number of aliphatic hydroxyl groups excluding tert-OH is 1. The Morgan fingerprint density at radius 2 is 1.92 bits per heavy atom. The minimum atomic E-state index is 0.206. The first-order valence-electron chi connectivity index (χ1n) is 10.1. The van der Waals surface area contributed by atoms with Crippen LogP contribution < -0.4 is 10.6 Å². The van der Waals surface area contributed by atoms with Gasteiger partial charge in [0.1, 0.15) is 0 Å². The molecule has 0 amide bonds. The summed E-state index contributed by atoms with van der Waals surface area (Å²) in [5.74, 6) is 0.923. The second-order valence-corrected chi connectivity index (χ2v) is 8.01. The second kappa shape index (κ2) is 10.3. The fourth-order valence-electron chi connectivity index (χ4n) is 4.15. The third-order valence-electron chi connectivity index (χ3n) is 5.96. The van der Waals surface area contributed by atoms with Crippen LogP contribution in [0.2, 0.25) is 0 Å². The fourth-order valence-corrected chi connectivity index (χ4v) is 4.15. The normalized spacial score (nSPS) is 25.8. The van der Waals surface area contributed by atoms with E-state index in [1.54, 1.807) is 0 Å². The van der Waals surface area contributed by atoms with Crippen molar-refractivity contribution in [2.24, 2.45) is 10.4 Å². The Labute approximate surface area is 154 Å². The van der Waals surface area contributed by atoms with E-state index < -0.39 is 0 Å². The van der Waals surface area contributed by atoms with Crippen molar-refractivity contribution in [3.8, 4) is 0 Å². The molecule has 1 saturated heterocycles. The molecule has 0 aromatic heterocycles. The minimum absolute atomic E-state index is 0.206. The van der Waals surface area contributed by atoms with Crippen molar-refractivity contribution < 1.29 is 5.11 Å². The first kappa shape index (κ1) is 20.5. The zero-order valence-electron chi connectivity index (χ0n) is 16.6. The monoisotopic (exact) mass is 353 g/mol. The molecule has 0 aromatic carbocycles. The van der Waals surface area contributed by atoms with Crippen LogP contribution in [0.4, 0.5) is 0 Å². The first-order chi connectivity index (χ1) is 12.1. The van der Waals surface area contributed by atoms with Gasteiger partial charge < -0.3 is 20.6 Å². The lowest BCUT2D eigenvalue weighted by Crippen LogP contribution is -2.55. The van der Waals surface area contributed by atoms with Gasteiger partial charge in [-0.2, -0.15) is 0 Å². The van der Waals surface area contributed by atoms with Crippen LogP contribution in [0.15, 0.2) is 4.99 Å². The lowest BCUT2D eigenvalue weighted by Gasteiger charge is -2.38. The molecule has 1 aliphatic heterocycles. The molecule has 146 valence electrons. The van der Waals surface area contributed by atoms with Crippen LogP contribution in [0.5, 0.6) is 0 Å². The number of hydrogen-bond acceptors (Lipinski definition) is 4. The van der Waals surface area contributed by atoms with E-state index in [0.29, 0.717) is 6.04 Å². The van der Waals surface area contributed by atoms with Crippen LogP contribution in [-0.4, -0.2) is 86.9 Å². The highest BCUT2D eigenvalue weighted by atomic mass is 16.3. The molecule has 3 N–H and O–H groups in total. The standard InChI is InChI=1S/C19H39N5O/c1-4-20-18(21-14-17-15-23(2)11-12-24(17)3)22-16-19(10-13-25)8-6-5-7-9-19/h17,25H,4-16H2,1-3H3,(H2,20,21,22). The molecule has 1 aliphatic carbocycles. The van der Waals surface area contributed by atoms with E-state index in [0.717, 1.165) is 51.6 Å². The van der Waals surface area contributed by atoms with E-state index in [2.05, 4.69) is 41.5 Å². The molecule has 0 bridgehead atoms. The van der Waals surface area contributed by atoms with Gasteiger partial charge in [0.15, 0.2) is 5.96 Å². The van der Waals surface area contributed by atoms with E-state index in [-0.39, 0.29) is 12.0 Å². The van der Waals surface area contributed by atoms with Gasteiger partial charge in [0, 0.05) is 51.9 Å². The van der Waals surface area contributed by atoms with Crippen LogP contribution in [0.3, 0.4) is 0 Å². The quantitative estimate of drug-likeness (QED) is 0.473. The van der Waals surface area contributed by atoms with Gasteiger partial charge in [0.2, 0.25) is 0 Å². The maximum atomic E-state index is 9.49. The van der Waals surface area contributed by atoms with Gasteiger partial charge in [-0.05, 0) is 45.7 Å². The first-order valence-corrected chi connectivity index (χ1v) is 10.1. The largest absolute Gasteiger partial charge is 0.396 e. The molecule has 2 rings (SSSR count). The average Bonchev–Trinajstić information content (AvgIpc) is 2.61. The summed E-state index contributed by atoms with van der Waals surface area (Å²) in [5, 5.41) is 16.4. The summed E-state index contributed by atoms with van der Waals surface area (Å²) in [6.45, 7) is 8.36. The topological polar surface area (TPSA) is 63.1 Å². The SMILES string of the molecule is CCNC(=NCC1(CCO)CCCCC1)NCC1CN(C)CCN1C. The predicted molar refractivity (Wildman–Crippen MR) is 105 cm³/mol. The Morgan fingerprint density at radius 1 is 1.16 bits per heavy atom. The summed E-state index contributed by atoms with van der Waals surface area (Å²) < 4.78 is 0.